The zero-order chi connectivity index (χ0) is 18.9. The van der Waals surface area contributed by atoms with Gasteiger partial charge in [-0.15, -0.1) is 35.3 Å². The molecule has 8 heteroatoms. The van der Waals surface area contributed by atoms with E-state index >= 15 is 0 Å². The van der Waals surface area contributed by atoms with Crippen molar-refractivity contribution in [3.8, 4) is 11.5 Å². The van der Waals surface area contributed by atoms with Crippen LogP contribution in [0.2, 0.25) is 0 Å². The zero-order valence-corrected chi connectivity index (χ0v) is 19.3. The van der Waals surface area contributed by atoms with Gasteiger partial charge in [-0.1, -0.05) is 0 Å². The fraction of sp³-hybridized carbons (Fsp3) is 0.421. The number of hydrogen-bond donors (Lipinski definition) is 3. The summed E-state index contributed by atoms with van der Waals surface area (Å²) in [6.07, 6.45) is -0.757. The van der Waals surface area contributed by atoms with Crippen LogP contribution < -0.4 is 20.1 Å². The molecule has 0 spiro atoms. The lowest BCUT2D eigenvalue weighted by molar-refractivity contribution is 0.176. The number of aliphatic hydroxyl groups is 1. The fourth-order valence-electron chi connectivity index (χ4n) is 2.47. The molecule has 0 radical (unpaired) electrons. The van der Waals surface area contributed by atoms with Gasteiger partial charge in [0, 0.05) is 28.4 Å². The van der Waals surface area contributed by atoms with E-state index in [1.54, 1.807) is 43.8 Å². The number of nitrogens with one attached hydrogen (secondary N) is 2. The molecule has 2 rings (SSSR count). The zero-order valence-electron chi connectivity index (χ0n) is 16.1. The van der Waals surface area contributed by atoms with Crippen molar-refractivity contribution in [2.24, 2.45) is 4.99 Å². The molecule has 1 aromatic heterocycles. The number of guanidine groups is 1. The van der Waals surface area contributed by atoms with Gasteiger partial charge in [0.15, 0.2) is 5.96 Å². The van der Waals surface area contributed by atoms with Crippen LogP contribution in [-0.2, 0) is 6.54 Å². The number of aryl methyl sites for hydroxylation is 1. The Kier molecular flexibility index (Phi) is 10.5. The van der Waals surface area contributed by atoms with Gasteiger partial charge in [-0.2, -0.15) is 0 Å². The molecule has 1 atom stereocenters. The largest absolute Gasteiger partial charge is 0.497 e. The highest BCUT2D eigenvalue weighted by Crippen LogP contribution is 2.29. The van der Waals surface area contributed by atoms with E-state index in [2.05, 4.69) is 34.7 Å². The first kappa shape index (κ1) is 23.5. The minimum absolute atomic E-state index is 0. The van der Waals surface area contributed by atoms with Crippen molar-refractivity contribution >= 4 is 41.3 Å². The number of nitrogens with zero attached hydrogens (tertiary/aromatic N) is 1. The summed E-state index contributed by atoms with van der Waals surface area (Å²) in [6, 6.07) is 9.55. The first-order valence-corrected chi connectivity index (χ1v) is 9.36. The summed E-state index contributed by atoms with van der Waals surface area (Å²) >= 11 is 1.74. The van der Waals surface area contributed by atoms with Crippen LogP contribution in [0, 0.1) is 6.92 Å². The highest BCUT2D eigenvalue weighted by molar-refractivity contribution is 14.0. The van der Waals surface area contributed by atoms with Gasteiger partial charge < -0.3 is 25.2 Å². The van der Waals surface area contributed by atoms with Gasteiger partial charge >= 0.3 is 0 Å². The van der Waals surface area contributed by atoms with E-state index in [0.717, 1.165) is 6.54 Å². The summed E-state index contributed by atoms with van der Waals surface area (Å²) in [6.45, 7) is 5.74. The van der Waals surface area contributed by atoms with Gasteiger partial charge in [0.2, 0.25) is 0 Å². The van der Waals surface area contributed by atoms with Gasteiger partial charge in [-0.25, -0.2) is 4.99 Å². The lowest BCUT2D eigenvalue weighted by atomic mass is 10.1. The first-order chi connectivity index (χ1) is 12.6. The molecule has 0 fully saturated rings. The van der Waals surface area contributed by atoms with Gasteiger partial charge in [-0.05, 0) is 44.2 Å². The topological polar surface area (TPSA) is 75.1 Å². The van der Waals surface area contributed by atoms with Crippen LogP contribution in [0.15, 0.2) is 35.3 Å². The lowest BCUT2D eigenvalue weighted by Crippen LogP contribution is -2.39. The second-order valence-corrected chi connectivity index (χ2v) is 7.08. The van der Waals surface area contributed by atoms with Crippen molar-refractivity contribution in [3.63, 3.8) is 0 Å². The highest BCUT2D eigenvalue weighted by atomic mass is 127. The Hall–Kier alpha value is -1.52. The Balaban J connectivity index is 0.00000364. The second kappa shape index (κ2) is 12.0. The maximum absolute atomic E-state index is 10.6. The molecule has 0 aliphatic carbocycles. The molecule has 0 aliphatic rings. The normalized spacial score (nSPS) is 12.1. The average Bonchev–Trinajstić information content (AvgIpc) is 3.08. The van der Waals surface area contributed by atoms with Crippen molar-refractivity contribution in [2.45, 2.75) is 26.5 Å². The summed E-state index contributed by atoms with van der Waals surface area (Å²) in [5.74, 6) is 1.96. The summed E-state index contributed by atoms with van der Waals surface area (Å²) in [7, 11) is 3.18. The van der Waals surface area contributed by atoms with E-state index in [4.69, 9.17) is 9.47 Å². The minimum Gasteiger partial charge on any atom is -0.497 e. The van der Waals surface area contributed by atoms with Crippen LogP contribution in [-0.4, -0.2) is 38.4 Å². The minimum atomic E-state index is -0.757. The first-order valence-electron chi connectivity index (χ1n) is 8.54. The Bertz CT molecular complexity index is 737. The smallest absolute Gasteiger partial charge is 0.191 e. The number of thiophene rings is 1. The monoisotopic (exact) mass is 505 g/mol. The highest BCUT2D eigenvalue weighted by Gasteiger charge is 2.15. The molecule has 27 heavy (non-hydrogen) atoms. The Labute approximate surface area is 182 Å². The molecule has 0 bridgehead atoms. The number of benzene rings is 1. The van der Waals surface area contributed by atoms with Gasteiger partial charge in [-0.3, -0.25) is 0 Å². The van der Waals surface area contributed by atoms with Crippen molar-refractivity contribution < 1.29 is 14.6 Å². The average molecular weight is 505 g/mol. The number of hydrogen-bond acceptors (Lipinski definition) is 5. The molecule has 150 valence electrons. The maximum Gasteiger partial charge on any atom is 0.191 e. The van der Waals surface area contributed by atoms with E-state index in [-0.39, 0.29) is 24.0 Å². The van der Waals surface area contributed by atoms with Crippen LogP contribution >= 0.6 is 35.3 Å². The molecular formula is C19H28IN3O3S. The van der Waals surface area contributed by atoms with Crippen molar-refractivity contribution in [3.05, 3.63) is 45.6 Å². The van der Waals surface area contributed by atoms with Crippen LogP contribution in [0.3, 0.4) is 0 Å². The molecular weight excluding hydrogens is 477 g/mol. The van der Waals surface area contributed by atoms with E-state index in [0.29, 0.717) is 36.1 Å². The molecule has 2 aromatic rings. The van der Waals surface area contributed by atoms with Crippen LogP contribution in [0.4, 0.5) is 0 Å². The number of aliphatic hydroxyl groups excluding tert-OH is 1. The molecule has 3 N–H and O–H groups in total. The third-order valence-corrected chi connectivity index (χ3v) is 4.78. The summed E-state index contributed by atoms with van der Waals surface area (Å²) < 4.78 is 10.6. The van der Waals surface area contributed by atoms with Crippen LogP contribution in [0.1, 0.15) is 28.3 Å². The summed E-state index contributed by atoms with van der Waals surface area (Å²) in [5.41, 5.74) is 0.670. The molecule has 1 aromatic carbocycles. The number of halogens is 1. The third kappa shape index (κ3) is 7.19. The number of aliphatic imine (C=N–C) groups is 1. The van der Waals surface area contributed by atoms with Gasteiger partial charge in [0.25, 0.3) is 0 Å². The lowest BCUT2D eigenvalue weighted by Gasteiger charge is -2.18. The van der Waals surface area contributed by atoms with Crippen molar-refractivity contribution in [1.29, 1.82) is 0 Å². The van der Waals surface area contributed by atoms with E-state index in [1.807, 2.05) is 6.92 Å². The summed E-state index contributed by atoms with van der Waals surface area (Å²) in [5, 5.41) is 17.0. The fourth-order valence-corrected chi connectivity index (χ4v) is 3.29. The van der Waals surface area contributed by atoms with E-state index in [9.17, 15) is 5.11 Å². The molecule has 0 aliphatic heterocycles. The van der Waals surface area contributed by atoms with E-state index in [1.165, 1.54) is 9.75 Å². The van der Waals surface area contributed by atoms with E-state index < -0.39 is 6.10 Å². The van der Waals surface area contributed by atoms with Gasteiger partial charge in [0.1, 0.15) is 11.5 Å². The summed E-state index contributed by atoms with van der Waals surface area (Å²) in [4.78, 5) is 7.05. The quantitative estimate of drug-likeness (QED) is 0.291. The molecule has 1 heterocycles. The van der Waals surface area contributed by atoms with Crippen molar-refractivity contribution in [2.75, 3.05) is 27.3 Å². The van der Waals surface area contributed by atoms with Crippen LogP contribution in [0.5, 0.6) is 11.5 Å². The standard InChI is InChI=1S/C19H27N3O3S.HI/c1-5-20-19(21-11-15-8-6-13(2)26-15)22-12-17(23)16-10-14(24-3)7-9-18(16)25-4;/h6-10,17,23H,5,11-12H2,1-4H3,(H2,20,21,22);1H. The second-order valence-electron chi connectivity index (χ2n) is 5.71. The van der Waals surface area contributed by atoms with Crippen molar-refractivity contribution in [1.82, 2.24) is 10.6 Å². The predicted octanol–water partition coefficient (Wildman–Crippen LogP) is 3.48. The molecule has 0 saturated carbocycles. The molecule has 0 amide bonds. The third-order valence-electron chi connectivity index (χ3n) is 3.79. The Morgan fingerprint density at radius 1 is 1.19 bits per heavy atom. The number of rotatable bonds is 8. The maximum atomic E-state index is 10.6. The number of methoxy groups -OCH3 is 2. The molecule has 6 nitrogen and oxygen atoms in total. The number of ether oxygens (including phenoxy) is 2. The SMILES string of the molecule is CCNC(=NCc1ccc(C)s1)NCC(O)c1cc(OC)ccc1OC.I. The molecule has 1 unspecified atom stereocenters. The Morgan fingerprint density at radius 2 is 1.96 bits per heavy atom. The Morgan fingerprint density at radius 3 is 2.56 bits per heavy atom. The van der Waals surface area contributed by atoms with Gasteiger partial charge in [0.05, 0.1) is 26.9 Å². The molecule has 0 saturated heterocycles. The van der Waals surface area contributed by atoms with Crippen LogP contribution in [0.25, 0.3) is 0 Å². The predicted molar refractivity (Wildman–Crippen MR) is 122 cm³/mol.